The van der Waals surface area contributed by atoms with E-state index in [-0.39, 0.29) is 6.61 Å². The van der Waals surface area contributed by atoms with Crippen molar-refractivity contribution in [2.24, 2.45) is 0 Å². The molecule has 0 spiro atoms. The van der Waals surface area contributed by atoms with Gasteiger partial charge in [0.05, 0.1) is 0 Å². The lowest BCUT2D eigenvalue weighted by atomic mass is 10.1. The van der Waals surface area contributed by atoms with Crippen LogP contribution in [0.1, 0.15) is 17.2 Å². The Morgan fingerprint density at radius 1 is 1.15 bits per heavy atom. The zero-order valence-corrected chi connectivity index (χ0v) is 13.8. The first-order chi connectivity index (χ1) is 12.8. The Kier molecular flexibility index (Phi) is 5.16. The predicted molar refractivity (Wildman–Crippen MR) is 89.5 cm³/mol. The van der Waals surface area contributed by atoms with E-state index in [2.05, 4.69) is 4.74 Å². The molecule has 1 unspecified atom stereocenters. The molecule has 8 heteroatoms. The molecular weight excluding hydrogens is 363 g/mol. The molecule has 2 aromatic carbocycles. The van der Waals surface area contributed by atoms with Gasteiger partial charge in [0, 0.05) is 6.08 Å². The quantitative estimate of drug-likeness (QED) is 0.745. The normalized spacial score (nSPS) is 17.2. The van der Waals surface area contributed by atoms with Gasteiger partial charge in [0.15, 0.2) is 0 Å². The van der Waals surface area contributed by atoms with Crippen LogP contribution in [0.25, 0.3) is 6.08 Å². The van der Waals surface area contributed by atoms with Crippen molar-refractivity contribution in [2.45, 2.75) is 12.4 Å². The van der Waals surface area contributed by atoms with Crippen molar-refractivity contribution in [3.8, 4) is 5.75 Å². The lowest BCUT2D eigenvalue weighted by Gasteiger charge is -2.18. The van der Waals surface area contributed by atoms with Gasteiger partial charge in [0.25, 0.3) is 5.91 Å². The number of amides is 2. The van der Waals surface area contributed by atoms with Gasteiger partial charge in [-0.15, -0.1) is 13.2 Å². The van der Waals surface area contributed by atoms with E-state index in [0.717, 1.165) is 28.7 Å². The highest BCUT2D eigenvalue weighted by Gasteiger charge is 2.37. The number of benzene rings is 2. The number of hydrogen-bond acceptors (Lipinski definition) is 4. The summed E-state index contributed by atoms with van der Waals surface area (Å²) in [5.74, 6) is -1.03. The molecule has 0 radical (unpaired) electrons. The molecular formula is C19H14F3NO4. The molecule has 1 fully saturated rings. The third-order valence-electron chi connectivity index (χ3n) is 3.80. The van der Waals surface area contributed by atoms with E-state index >= 15 is 0 Å². The van der Waals surface area contributed by atoms with Gasteiger partial charge in [-0.25, -0.2) is 9.69 Å². The van der Waals surface area contributed by atoms with Crippen molar-refractivity contribution in [3.63, 3.8) is 0 Å². The van der Waals surface area contributed by atoms with Crippen LogP contribution in [0, 0.1) is 0 Å². The SMILES string of the molecule is O=C(/C=C/c1cccc(OC(F)(F)F)c1)N1C(=O)OCC1c1ccccc1. The van der Waals surface area contributed by atoms with Gasteiger partial charge in [-0.05, 0) is 29.3 Å². The summed E-state index contributed by atoms with van der Waals surface area (Å²) in [6, 6.07) is 13.5. The van der Waals surface area contributed by atoms with Crippen molar-refractivity contribution in [2.75, 3.05) is 6.61 Å². The van der Waals surface area contributed by atoms with E-state index in [1.165, 1.54) is 18.2 Å². The maximum absolute atomic E-state index is 12.5. The summed E-state index contributed by atoms with van der Waals surface area (Å²) in [6.07, 6.45) is -3.16. The van der Waals surface area contributed by atoms with Crippen LogP contribution in [-0.4, -0.2) is 29.9 Å². The van der Waals surface area contributed by atoms with Crippen molar-refractivity contribution >= 4 is 18.1 Å². The monoisotopic (exact) mass is 377 g/mol. The Hall–Kier alpha value is -3.29. The van der Waals surface area contributed by atoms with Crippen LogP contribution in [0.4, 0.5) is 18.0 Å². The van der Waals surface area contributed by atoms with Crippen LogP contribution < -0.4 is 4.74 Å². The first kappa shape index (κ1) is 18.5. The van der Waals surface area contributed by atoms with Crippen molar-refractivity contribution in [3.05, 3.63) is 71.8 Å². The molecule has 1 aliphatic heterocycles. The first-order valence-electron chi connectivity index (χ1n) is 7.92. The lowest BCUT2D eigenvalue weighted by Crippen LogP contribution is -2.32. The van der Waals surface area contributed by atoms with E-state index in [4.69, 9.17) is 4.74 Å². The zero-order chi connectivity index (χ0) is 19.4. The van der Waals surface area contributed by atoms with Gasteiger partial charge in [-0.1, -0.05) is 42.5 Å². The van der Waals surface area contributed by atoms with Crippen LogP contribution in [-0.2, 0) is 9.53 Å². The number of imide groups is 1. The van der Waals surface area contributed by atoms with Gasteiger partial charge in [0.1, 0.15) is 18.4 Å². The molecule has 1 saturated heterocycles. The minimum atomic E-state index is -4.81. The summed E-state index contributed by atoms with van der Waals surface area (Å²) in [5.41, 5.74) is 1.06. The van der Waals surface area contributed by atoms with E-state index in [1.54, 1.807) is 24.3 Å². The lowest BCUT2D eigenvalue weighted by molar-refractivity contribution is -0.274. The minimum Gasteiger partial charge on any atom is -0.446 e. The standard InChI is InChI=1S/C19H14F3NO4/c20-19(21,22)27-15-8-4-5-13(11-15)9-10-17(24)23-16(12-26-18(23)25)14-6-2-1-3-7-14/h1-11,16H,12H2/b10-9+. The van der Waals surface area contributed by atoms with Gasteiger partial charge >= 0.3 is 12.5 Å². The van der Waals surface area contributed by atoms with E-state index < -0.39 is 30.2 Å². The Bertz CT molecular complexity index is 865. The van der Waals surface area contributed by atoms with Crippen LogP contribution >= 0.6 is 0 Å². The Morgan fingerprint density at radius 2 is 1.89 bits per heavy atom. The molecule has 3 rings (SSSR count). The molecule has 1 aliphatic rings. The zero-order valence-electron chi connectivity index (χ0n) is 13.8. The molecule has 0 aromatic heterocycles. The van der Waals surface area contributed by atoms with Crippen LogP contribution in [0.3, 0.4) is 0 Å². The Morgan fingerprint density at radius 3 is 2.59 bits per heavy atom. The topological polar surface area (TPSA) is 55.8 Å². The average Bonchev–Trinajstić information content (AvgIpc) is 3.01. The van der Waals surface area contributed by atoms with E-state index in [9.17, 15) is 22.8 Å². The molecule has 0 bridgehead atoms. The molecule has 27 heavy (non-hydrogen) atoms. The van der Waals surface area contributed by atoms with Gasteiger partial charge < -0.3 is 9.47 Å². The summed E-state index contributed by atoms with van der Waals surface area (Å²) in [7, 11) is 0. The highest BCUT2D eigenvalue weighted by Crippen LogP contribution is 2.28. The number of cyclic esters (lactones) is 1. The first-order valence-corrected chi connectivity index (χ1v) is 7.92. The fourth-order valence-electron chi connectivity index (χ4n) is 2.65. The number of alkyl halides is 3. The van der Waals surface area contributed by atoms with Gasteiger partial charge in [0.2, 0.25) is 0 Å². The molecule has 140 valence electrons. The fraction of sp³-hybridized carbons (Fsp3) is 0.158. The fourth-order valence-corrected chi connectivity index (χ4v) is 2.65. The van der Waals surface area contributed by atoms with Crippen LogP contribution in [0.15, 0.2) is 60.7 Å². The number of hydrogen-bond donors (Lipinski definition) is 0. The second-order valence-corrected chi connectivity index (χ2v) is 5.67. The van der Waals surface area contributed by atoms with Crippen LogP contribution in [0.5, 0.6) is 5.75 Å². The summed E-state index contributed by atoms with van der Waals surface area (Å²) < 4.78 is 45.7. The second kappa shape index (κ2) is 7.53. The van der Waals surface area contributed by atoms with Crippen molar-refractivity contribution in [1.29, 1.82) is 0 Å². The number of rotatable bonds is 4. The number of carbonyl (C=O) groups is 2. The Balaban J connectivity index is 1.76. The third kappa shape index (κ3) is 4.66. The van der Waals surface area contributed by atoms with Crippen molar-refractivity contribution < 1.29 is 32.2 Å². The van der Waals surface area contributed by atoms with Gasteiger partial charge in [-0.3, -0.25) is 4.79 Å². The molecule has 2 aromatic rings. The molecule has 1 heterocycles. The van der Waals surface area contributed by atoms with E-state index in [0.29, 0.717) is 5.56 Å². The molecule has 5 nitrogen and oxygen atoms in total. The molecule has 2 amide bonds. The summed E-state index contributed by atoms with van der Waals surface area (Å²) >= 11 is 0. The molecule has 0 saturated carbocycles. The smallest absolute Gasteiger partial charge is 0.446 e. The molecule has 1 atom stereocenters. The van der Waals surface area contributed by atoms with Crippen molar-refractivity contribution in [1.82, 2.24) is 4.90 Å². The largest absolute Gasteiger partial charge is 0.573 e. The number of carbonyl (C=O) groups excluding carboxylic acids is 2. The highest BCUT2D eigenvalue weighted by atomic mass is 19.4. The van der Waals surface area contributed by atoms with E-state index in [1.807, 2.05) is 6.07 Å². The number of halogens is 3. The summed E-state index contributed by atoms with van der Waals surface area (Å²) in [5, 5.41) is 0. The highest BCUT2D eigenvalue weighted by molar-refractivity contribution is 6.02. The number of ether oxygens (including phenoxy) is 2. The molecule has 0 aliphatic carbocycles. The minimum absolute atomic E-state index is 0.0390. The summed E-state index contributed by atoms with van der Waals surface area (Å²) in [4.78, 5) is 25.4. The van der Waals surface area contributed by atoms with Gasteiger partial charge in [-0.2, -0.15) is 0 Å². The summed E-state index contributed by atoms with van der Waals surface area (Å²) in [6.45, 7) is 0.0390. The molecule has 0 N–H and O–H groups in total. The second-order valence-electron chi connectivity index (χ2n) is 5.67. The Labute approximate surface area is 152 Å². The predicted octanol–water partition coefficient (Wildman–Crippen LogP) is 4.32. The average molecular weight is 377 g/mol. The third-order valence-corrected chi connectivity index (χ3v) is 3.80. The van der Waals surface area contributed by atoms with Crippen LogP contribution in [0.2, 0.25) is 0 Å². The number of nitrogens with zero attached hydrogens (tertiary/aromatic N) is 1. The maximum Gasteiger partial charge on any atom is 0.573 e. The maximum atomic E-state index is 12.5.